The van der Waals surface area contributed by atoms with Crippen molar-refractivity contribution in [2.24, 2.45) is 11.3 Å². The third-order valence-corrected chi connectivity index (χ3v) is 11.8. The number of nitrogens with one attached hydrogen (secondary N) is 1. The van der Waals surface area contributed by atoms with E-state index in [9.17, 15) is 10.3 Å². The van der Waals surface area contributed by atoms with E-state index in [0.29, 0.717) is 18.5 Å². The number of allylic oxidation sites excluding steroid dienone is 3. The van der Waals surface area contributed by atoms with Crippen LogP contribution < -0.4 is 0 Å². The Labute approximate surface area is 250 Å². The first kappa shape index (κ1) is 27.3. The van der Waals surface area contributed by atoms with Crippen molar-refractivity contribution in [1.82, 2.24) is 19.8 Å². The molecule has 1 aliphatic carbocycles. The SMILES string of the molecule is ON1CCc2c([nH]c3ccccc23)C1C1=C[C@@]2(O)CCC=CCCCCN3CC[C@@H]1[C@]1(C[C@@H]4/C=C\CCCCN4[C@H]12)C3. The average molecular weight is 569 g/mol. The number of hydrogen-bond donors (Lipinski definition) is 3. The minimum Gasteiger partial charge on any atom is -0.384 e. The minimum atomic E-state index is -0.945. The first-order valence-corrected chi connectivity index (χ1v) is 16.9. The number of aromatic nitrogens is 1. The molecule has 7 atom stereocenters. The Morgan fingerprint density at radius 1 is 0.905 bits per heavy atom. The quantitative estimate of drug-likeness (QED) is 0.361. The zero-order valence-electron chi connectivity index (χ0n) is 25.1. The second-order valence-corrected chi connectivity index (χ2v) is 14.2. The Kier molecular flexibility index (Phi) is 6.99. The first-order valence-electron chi connectivity index (χ1n) is 16.9. The van der Waals surface area contributed by atoms with Crippen LogP contribution in [-0.2, 0) is 6.42 Å². The van der Waals surface area contributed by atoms with Crippen molar-refractivity contribution in [3.8, 4) is 0 Å². The Morgan fingerprint density at radius 2 is 1.74 bits per heavy atom. The van der Waals surface area contributed by atoms with E-state index in [2.05, 4.69) is 69.4 Å². The maximum Gasteiger partial charge on any atom is 0.0994 e. The highest BCUT2D eigenvalue weighted by Crippen LogP contribution is 2.62. The number of benzene rings is 1. The third-order valence-electron chi connectivity index (χ3n) is 11.8. The van der Waals surface area contributed by atoms with Crippen molar-refractivity contribution in [1.29, 1.82) is 0 Å². The molecule has 3 N–H and O–H groups in total. The summed E-state index contributed by atoms with van der Waals surface area (Å²) in [6, 6.07) is 8.83. The summed E-state index contributed by atoms with van der Waals surface area (Å²) in [7, 11) is 0. The summed E-state index contributed by atoms with van der Waals surface area (Å²) in [5, 5.41) is 27.7. The molecular formula is C36H48N4O2. The van der Waals surface area contributed by atoms with Crippen LogP contribution in [0.1, 0.15) is 81.5 Å². The van der Waals surface area contributed by atoms with Crippen molar-refractivity contribution in [2.45, 2.75) is 94.4 Å². The zero-order chi connectivity index (χ0) is 28.3. The fourth-order valence-corrected chi connectivity index (χ4v) is 10.2. The number of rotatable bonds is 1. The third kappa shape index (κ3) is 4.32. The second kappa shape index (κ2) is 10.7. The first-order chi connectivity index (χ1) is 20.6. The Hall–Kier alpha value is -2.22. The van der Waals surface area contributed by atoms with Gasteiger partial charge in [-0.3, -0.25) is 4.90 Å². The van der Waals surface area contributed by atoms with Crippen LogP contribution >= 0.6 is 0 Å². The van der Waals surface area contributed by atoms with Crippen LogP contribution in [0.5, 0.6) is 0 Å². The van der Waals surface area contributed by atoms with E-state index >= 15 is 0 Å². The van der Waals surface area contributed by atoms with E-state index in [0.717, 1.165) is 75.9 Å². The summed E-state index contributed by atoms with van der Waals surface area (Å²) in [6.45, 7) is 4.98. The monoisotopic (exact) mass is 568 g/mol. The van der Waals surface area contributed by atoms with Crippen LogP contribution in [0.4, 0.5) is 0 Å². The molecule has 1 spiro atoms. The molecule has 6 heterocycles. The highest BCUT2D eigenvalue weighted by atomic mass is 16.5. The molecule has 2 saturated heterocycles. The summed E-state index contributed by atoms with van der Waals surface area (Å²) < 4.78 is 0. The minimum absolute atomic E-state index is 0.0430. The van der Waals surface area contributed by atoms with Gasteiger partial charge in [-0.05, 0) is 119 Å². The molecule has 5 aliphatic heterocycles. The molecule has 42 heavy (non-hydrogen) atoms. The molecule has 6 aliphatic rings. The van der Waals surface area contributed by atoms with E-state index in [1.165, 1.54) is 48.6 Å². The van der Waals surface area contributed by atoms with Gasteiger partial charge < -0.3 is 20.2 Å². The van der Waals surface area contributed by atoms with Gasteiger partial charge in [0.2, 0.25) is 0 Å². The van der Waals surface area contributed by atoms with Crippen molar-refractivity contribution in [3.05, 3.63) is 71.5 Å². The lowest BCUT2D eigenvalue weighted by molar-refractivity contribution is -0.140. The van der Waals surface area contributed by atoms with Crippen molar-refractivity contribution in [3.63, 3.8) is 0 Å². The molecular weight excluding hydrogens is 520 g/mol. The van der Waals surface area contributed by atoms with Gasteiger partial charge in [0.15, 0.2) is 0 Å². The maximum absolute atomic E-state index is 13.1. The number of H-pyrrole nitrogens is 1. The number of fused-ring (bicyclic) bond motifs is 5. The number of hydroxylamine groups is 2. The van der Waals surface area contributed by atoms with E-state index in [4.69, 9.17) is 0 Å². The maximum atomic E-state index is 13.1. The van der Waals surface area contributed by atoms with Crippen molar-refractivity contribution < 1.29 is 10.3 Å². The molecule has 2 unspecified atom stereocenters. The van der Waals surface area contributed by atoms with Crippen LogP contribution in [0, 0.1) is 11.3 Å². The Balaban J connectivity index is 1.32. The zero-order valence-corrected chi connectivity index (χ0v) is 25.1. The van der Waals surface area contributed by atoms with E-state index in [-0.39, 0.29) is 17.5 Å². The molecule has 8 rings (SSSR count). The van der Waals surface area contributed by atoms with Gasteiger partial charge in [-0.25, -0.2) is 0 Å². The van der Waals surface area contributed by atoms with Gasteiger partial charge in [-0.1, -0.05) is 42.5 Å². The molecule has 224 valence electrons. The van der Waals surface area contributed by atoms with E-state index in [1.54, 1.807) is 5.06 Å². The summed E-state index contributed by atoms with van der Waals surface area (Å²) in [5.41, 5.74) is 3.90. The van der Waals surface area contributed by atoms with Crippen LogP contribution in [0.25, 0.3) is 10.9 Å². The number of hydrogen-bond acceptors (Lipinski definition) is 5. The lowest BCUT2D eigenvalue weighted by Gasteiger charge is -2.59. The molecule has 6 nitrogen and oxygen atoms in total. The highest BCUT2D eigenvalue weighted by molar-refractivity contribution is 5.85. The van der Waals surface area contributed by atoms with Crippen LogP contribution in [-0.4, -0.2) is 80.6 Å². The Bertz CT molecular complexity index is 1410. The van der Waals surface area contributed by atoms with Crippen molar-refractivity contribution >= 4 is 10.9 Å². The fraction of sp³-hybridized carbons (Fsp3) is 0.611. The molecule has 2 fully saturated rings. The predicted molar refractivity (Wildman–Crippen MR) is 167 cm³/mol. The molecule has 0 radical (unpaired) electrons. The summed E-state index contributed by atoms with van der Waals surface area (Å²) in [4.78, 5) is 9.23. The standard InChI is InChI=1S/C36H48N4O2/c41-36-18-10-4-1-2-5-11-19-38-21-17-30(35(25-38)23-26-13-7-3-6-12-20-39(26)34(35)36)29(24-36)33-32-28(16-22-40(33)42)27-14-8-9-15-31(27)37-32/h1,4,7-9,13-15,24,26,30,33-34,37,41-42H,2-3,5-6,10-12,16-23,25H2/b4-1?,13-7-/t26-,30-,33?,34+,35-,36-/m0/s1. The number of piperidine rings is 1. The highest BCUT2D eigenvalue weighted by Gasteiger charge is 2.66. The van der Waals surface area contributed by atoms with E-state index < -0.39 is 5.60 Å². The number of aliphatic hydroxyl groups is 1. The molecule has 3 bridgehead atoms. The average Bonchev–Trinajstić information content (AvgIpc) is 3.49. The second-order valence-electron chi connectivity index (χ2n) is 14.2. The van der Waals surface area contributed by atoms with Gasteiger partial charge in [0.1, 0.15) is 0 Å². The van der Waals surface area contributed by atoms with Gasteiger partial charge in [0.25, 0.3) is 0 Å². The topological polar surface area (TPSA) is 66.0 Å². The van der Waals surface area contributed by atoms with E-state index in [1.807, 2.05) is 0 Å². The molecule has 6 heteroatoms. The molecule has 0 amide bonds. The van der Waals surface area contributed by atoms with Crippen LogP contribution in [0.15, 0.2) is 60.2 Å². The predicted octanol–water partition coefficient (Wildman–Crippen LogP) is 6.14. The lowest BCUT2D eigenvalue weighted by atomic mass is 9.54. The van der Waals surface area contributed by atoms with Gasteiger partial charge >= 0.3 is 0 Å². The summed E-state index contributed by atoms with van der Waals surface area (Å²) >= 11 is 0. The number of aromatic amines is 1. The van der Waals surface area contributed by atoms with Crippen LogP contribution in [0.3, 0.4) is 0 Å². The lowest BCUT2D eigenvalue weighted by Crippen LogP contribution is -2.66. The van der Waals surface area contributed by atoms with Gasteiger partial charge in [-0.2, -0.15) is 5.06 Å². The largest absolute Gasteiger partial charge is 0.384 e. The van der Waals surface area contributed by atoms with Crippen LogP contribution in [0.2, 0.25) is 0 Å². The normalized spacial score (nSPS) is 40.0. The molecule has 1 aromatic carbocycles. The summed E-state index contributed by atoms with van der Waals surface area (Å²) in [6.07, 6.45) is 23.7. The Morgan fingerprint density at radius 3 is 2.67 bits per heavy atom. The van der Waals surface area contributed by atoms with Crippen molar-refractivity contribution in [2.75, 3.05) is 32.7 Å². The number of nitrogens with zero attached hydrogens (tertiary/aromatic N) is 3. The molecule has 1 aromatic heterocycles. The van der Waals surface area contributed by atoms with Gasteiger partial charge in [-0.15, -0.1) is 0 Å². The van der Waals surface area contributed by atoms with Gasteiger partial charge in [0.05, 0.1) is 17.7 Å². The molecule has 2 aromatic rings. The summed E-state index contributed by atoms with van der Waals surface area (Å²) in [5.74, 6) is 0.332. The fourth-order valence-electron chi connectivity index (χ4n) is 10.2. The smallest absolute Gasteiger partial charge is 0.0994 e. The number of para-hydroxylation sites is 1. The molecule has 0 saturated carbocycles. The van der Waals surface area contributed by atoms with Gasteiger partial charge in [0, 0.05) is 41.1 Å².